The van der Waals surface area contributed by atoms with Crippen molar-refractivity contribution in [2.45, 2.75) is 26.1 Å². The number of aldehydes is 1. The Morgan fingerprint density at radius 3 is 2.31 bits per heavy atom. The van der Waals surface area contributed by atoms with Crippen molar-refractivity contribution in [2.24, 2.45) is 5.92 Å². The van der Waals surface area contributed by atoms with Crippen molar-refractivity contribution >= 4 is 6.29 Å². The second-order valence-corrected chi connectivity index (χ2v) is 3.08. The number of allylic oxidation sites excluding steroid dienone is 1. The Hall–Kier alpha value is -0.670. The molecule has 0 unspecified atom stereocenters. The van der Waals surface area contributed by atoms with Crippen molar-refractivity contribution < 1.29 is 14.3 Å². The lowest BCUT2D eigenvalue weighted by Crippen LogP contribution is -2.18. The monoisotopic (exact) mass is 186 g/mol. The first-order chi connectivity index (χ1) is 6.15. The molecule has 0 rings (SSSR count). The van der Waals surface area contributed by atoms with E-state index in [9.17, 15) is 4.79 Å². The van der Waals surface area contributed by atoms with Gasteiger partial charge in [0.15, 0.2) is 6.29 Å². The Morgan fingerprint density at radius 2 is 2.00 bits per heavy atom. The van der Waals surface area contributed by atoms with Crippen LogP contribution in [-0.4, -0.2) is 26.8 Å². The van der Waals surface area contributed by atoms with E-state index in [4.69, 9.17) is 9.47 Å². The van der Waals surface area contributed by atoms with E-state index in [1.165, 1.54) is 0 Å². The number of ether oxygens (including phenoxy) is 2. The van der Waals surface area contributed by atoms with Crippen LogP contribution in [0.15, 0.2) is 12.2 Å². The van der Waals surface area contributed by atoms with Gasteiger partial charge in [0.05, 0.1) is 0 Å². The molecule has 0 N–H and O–H groups in total. The minimum Gasteiger partial charge on any atom is -0.356 e. The highest BCUT2D eigenvalue weighted by atomic mass is 16.7. The van der Waals surface area contributed by atoms with Crippen LogP contribution in [0.4, 0.5) is 0 Å². The third kappa shape index (κ3) is 4.80. The van der Waals surface area contributed by atoms with Gasteiger partial charge in [-0.1, -0.05) is 12.2 Å². The molecule has 0 aliphatic rings. The topological polar surface area (TPSA) is 35.5 Å². The minimum atomic E-state index is -0.248. The molecule has 0 saturated heterocycles. The zero-order chi connectivity index (χ0) is 10.3. The Labute approximate surface area is 79.7 Å². The minimum absolute atomic E-state index is 0.155. The molecule has 1 atom stereocenters. The van der Waals surface area contributed by atoms with E-state index in [1.54, 1.807) is 14.2 Å². The van der Waals surface area contributed by atoms with Crippen molar-refractivity contribution in [1.29, 1.82) is 0 Å². The van der Waals surface area contributed by atoms with Gasteiger partial charge >= 0.3 is 0 Å². The first kappa shape index (κ1) is 12.3. The fourth-order valence-electron chi connectivity index (χ4n) is 1.14. The molecule has 0 fully saturated rings. The molecule has 3 nitrogen and oxygen atoms in total. The Bertz CT molecular complexity index is 162. The fourth-order valence-corrected chi connectivity index (χ4v) is 1.14. The van der Waals surface area contributed by atoms with Crippen molar-refractivity contribution in [1.82, 2.24) is 0 Å². The van der Waals surface area contributed by atoms with Crippen LogP contribution >= 0.6 is 0 Å². The van der Waals surface area contributed by atoms with Gasteiger partial charge in [-0.15, -0.1) is 0 Å². The molecule has 0 amide bonds. The lowest BCUT2D eigenvalue weighted by Gasteiger charge is -2.20. The van der Waals surface area contributed by atoms with Gasteiger partial charge in [-0.3, -0.25) is 0 Å². The van der Waals surface area contributed by atoms with E-state index in [0.29, 0.717) is 12.8 Å². The molecular formula is C10H18O3. The molecule has 0 saturated carbocycles. The van der Waals surface area contributed by atoms with Crippen molar-refractivity contribution in [3.63, 3.8) is 0 Å². The van der Waals surface area contributed by atoms with Crippen LogP contribution in [-0.2, 0) is 14.3 Å². The van der Waals surface area contributed by atoms with Gasteiger partial charge in [0.1, 0.15) is 6.29 Å². The molecule has 0 aliphatic heterocycles. The second kappa shape index (κ2) is 6.80. The van der Waals surface area contributed by atoms with Gasteiger partial charge in [-0.25, -0.2) is 0 Å². The third-order valence-electron chi connectivity index (χ3n) is 2.08. The molecule has 0 radical (unpaired) electrons. The van der Waals surface area contributed by atoms with Gasteiger partial charge in [0.25, 0.3) is 0 Å². The molecule has 0 aromatic carbocycles. The van der Waals surface area contributed by atoms with Crippen LogP contribution in [0.3, 0.4) is 0 Å². The van der Waals surface area contributed by atoms with Gasteiger partial charge < -0.3 is 14.3 Å². The van der Waals surface area contributed by atoms with Crippen LogP contribution in [0.5, 0.6) is 0 Å². The summed E-state index contributed by atoms with van der Waals surface area (Å²) in [6.07, 6.45) is 1.82. The van der Waals surface area contributed by atoms with Crippen LogP contribution in [0.25, 0.3) is 0 Å². The maximum absolute atomic E-state index is 10.4. The highest BCUT2D eigenvalue weighted by molar-refractivity contribution is 5.50. The van der Waals surface area contributed by atoms with Crippen LogP contribution in [0.2, 0.25) is 0 Å². The van der Waals surface area contributed by atoms with Crippen molar-refractivity contribution in [3.8, 4) is 0 Å². The molecule has 13 heavy (non-hydrogen) atoms. The number of carbonyl (C=O) groups excluding carboxylic acids is 1. The van der Waals surface area contributed by atoms with E-state index < -0.39 is 0 Å². The maximum atomic E-state index is 10.4. The summed E-state index contributed by atoms with van der Waals surface area (Å²) in [6.45, 7) is 5.74. The van der Waals surface area contributed by atoms with Gasteiger partial charge in [-0.05, 0) is 12.8 Å². The molecular weight excluding hydrogens is 168 g/mol. The number of hydrogen-bond acceptors (Lipinski definition) is 3. The number of methoxy groups -OCH3 is 2. The molecule has 0 aliphatic carbocycles. The molecule has 0 spiro atoms. The first-order valence-corrected chi connectivity index (χ1v) is 4.30. The SMILES string of the molecule is C=C(C)[C@H](CC=O)CC(OC)OC. The smallest absolute Gasteiger partial charge is 0.157 e. The average molecular weight is 186 g/mol. The van der Waals surface area contributed by atoms with Gasteiger partial charge in [-0.2, -0.15) is 0 Å². The summed E-state index contributed by atoms with van der Waals surface area (Å²) >= 11 is 0. The van der Waals surface area contributed by atoms with Crippen LogP contribution in [0, 0.1) is 5.92 Å². The summed E-state index contributed by atoms with van der Waals surface area (Å²) < 4.78 is 10.1. The van der Waals surface area contributed by atoms with E-state index >= 15 is 0 Å². The largest absolute Gasteiger partial charge is 0.356 e. The summed E-state index contributed by atoms with van der Waals surface area (Å²) in [5, 5.41) is 0. The summed E-state index contributed by atoms with van der Waals surface area (Å²) in [5.41, 5.74) is 0.992. The predicted molar refractivity (Wildman–Crippen MR) is 51.4 cm³/mol. The van der Waals surface area contributed by atoms with Crippen molar-refractivity contribution in [3.05, 3.63) is 12.2 Å². The lowest BCUT2D eigenvalue weighted by molar-refractivity contribution is -0.116. The normalized spacial score (nSPS) is 12.9. The molecule has 0 aromatic heterocycles. The molecule has 0 bridgehead atoms. The Morgan fingerprint density at radius 1 is 1.46 bits per heavy atom. The zero-order valence-corrected chi connectivity index (χ0v) is 8.58. The highest BCUT2D eigenvalue weighted by Crippen LogP contribution is 2.19. The lowest BCUT2D eigenvalue weighted by atomic mass is 9.95. The van der Waals surface area contributed by atoms with Crippen LogP contribution in [0.1, 0.15) is 19.8 Å². The number of hydrogen-bond donors (Lipinski definition) is 0. The summed E-state index contributed by atoms with van der Waals surface area (Å²) in [4.78, 5) is 10.4. The van der Waals surface area contributed by atoms with Crippen LogP contribution < -0.4 is 0 Å². The summed E-state index contributed by atoms with van der Waals surface area (Å²) in [6, 6.07) is 0. The van der Waals surface area contributed by atoms with E-state index in [2.05, 4.69) is 6.58 Å². The average Bonchev–Trinajstić information content (AvgIpc) is 2.11. The molecule has 0 heterocycles. The Kier molecular flexibility index (Phi) is 6.45. The third-order valence-corrected chi connectivity index (χ3v) is 2.08. The zero-order valence-electron chi connectivity index (χ0n) is 8.58. The van der Waals surface area contributed by atoms with E-state index in [1.807, 2.05) is 6.92 Å². The van der Waals surface area contributed by atoms with E-state index in [0.717, 1.165) is 11.9 Å². The first-order valence-electron chi connectivity index (χ1n) is 4.30. The molecule has 0 aromatic rings. The Balaban J connectivity index is 4.06. The summed E-state index contributed by atoms with van der Waals surface area (Å²) in [5.74, 6) is 0.155. The van der Waals surface area contributed by atoms with Gasteiger partial charge in [0, 0.05) is 27.1 Å². The maximum Gasteiger partial charge on any atom is 0.157 e. The predicted octanol–water partition coefficient (Wildman–Crippen LogP) is 1.78. The fraction of sp³-hybridized carbons (Fsp3) is 0.700. The second-order valence-electron chi connectivity index (χ2n) is 3.08. The number of carbonyl (C=O) groups is 1. The van der Waals surface area contributed by atoms with Crippen molar-refractivity contribution in [2.75, 3.05) is 14.2 Å². The standard InChI is InChI=1S/C10H18O3/c1-8(2)9(5-6-11)7-10(12-3)13-4/h6,9-10H,1,5,7H2,2-4H3/t9-/m1/s1. The molecule has 76 valence electrons. The molecule has 3 heteroatoms. The quantitative estimate of drug-likeness (QED) is 0.345. The highest BCUT2D eigenvalue weighted by Gasteiger charge is 2.15. The number of rotatable bonds is 7. The summed E-state index contributed by atoms with van der Waals surface area (Å²) in [7, 11) is 3.18. The van der Waals surface area contributed by atoms with E-state index in [-0.39, 0.29) is 12.2 Å². The van der Waals surface area contributed by atoms with Gasteiger partial charge in [0.2, 0.25) is 0 Å².